The van der Waals surface area contributed by atoms with Gasteiger partial charge in [0, 0.05) is 10.3 Å². The molecule has 0 radical (unpaired) electrons. The van der Waals surface area contributed by atoms with E-state index in [-0.39, 0.29) is 10.6 Å². The Bertz CT molecular complexity index is 1050. The number of rotatable bonds is 2. The van der Waals surface area contributed by atoms with E-state index >= 15 is 0 Å². The second-order valence-corrected chi connectivity index (χ2v) is 9.15. The number of thiazole rings is 1. The van der Waals surface area contributed by atoms with Gasteiger partial charge >= 0.3 is 11.0 Å². The molecule has 0 aliphatic carbocycles. The Morgan fingerprint density at radius 3 is 2.57 bits per heavy atom. The standard InChI is InChI=1S/C18H15F3N2O3S2/c1-3-17(2)10-11(27-13-12(17)28-16(26)22-13)15(25)23(14(10)24)9-6-4-5-8(7-9)18(19,20)21/h4-7,10-11H,3H2,1-2H3,(H,22,26)/t10-,11+,17-/m1/s1. The number of aromatic nitrogens is 1. The predicted octanol–water partition coefficient (Wildman–Crippen LogP) is 3.79. The minimum Gasteiger partial charge on any atom is -0.307 e. The Balaban J connectivity index is 1.81. The van der Waals surface area contributed by atoms with Crippen LogP contribution < -0.4 is 9.77 Å². The minimum absolute atomic E-state index is 0.0878. The molecular formula is C18H15F3N2O3S2. The van der Waals surface area contributed by atoms with Crippen LogP contribution in [0.3, 0.4) is 0 Å². The fourth-order valence-electron chi connectivity index (χ4n) is 3.87. The van der Waals surface area contributed by atoms with Gasteiger partial charge in [0.25, 0.3) is 0 Å². The number of carbonyl (C=O) groups is 2. The van der Waals surface area contributed by atoms with Gasteiger partial charge in [-0.05, 0) is 24.6 Å². The molecule has 1 aromatic heterocycles. The van der Waals surface area contributed by atoms with Crippen LogP contribution >= 0.6 is 23.1 Å². The molecule has 3 heterocycles. The molecule has 2 amide bonds. The maximum absolute atomic E-state index is 13.2. The average molecular weight is 428 g/mol. The van der Waals surface area contributed by atoms with E-state index in [1.54, 1.807) is 0 Å². The van der Waals surface area contributed by atoms with Crippen molar-refractivity contribution in [1.29, 1.82) is 0 Å². The number of alkyl halides is 3. The number of H-pyrrole nitrogens is 1. The van der Waals surface area contributed by atoms with Crippen LogP contribution in [-0.2, 0) is 21.2 Å². The number of fused-ring (bicyclic) bond motifs is 2. The summed E-state index contributed by atoms with van der Waals surface area (Å²) in [6.45, 7) is 3.69. The van der Waals surface area contributed by atoms with Gasteiger partial charge in [0.05, 0.1) is 22.2 Å². The summed E-state index contributed by atoms with van der Waals surface area (Å²) in [4.78, 5) is 42.1. The first-order valence-electron chi connectivity index (χ1n) is 8.53. The minimum atomic E-state index is -4.58. The number of amides is 2. The highest BCUT2D eigenvalue weighted by Gasteiger charge is 2.60. The maximum Gasteiger partial charge on any atom is 0.416 e. The third kappa shape index (κ3) is 2.65. The molecule has 1 saturated heterocycles. The lowest BCUT2D eigenvalue weighted by Gasteiger charge is -2.38. The number of hydrogen-bond donors (Lipinski definition) is 1. The topological polar surface area (TPSA) is 70.2 Å². The van der Waals surface area contributed by atoms with Crippen LogP contribution in [0.15, 0.2) is 34.1 Å². The lowest BCUT2D eigenvalue weighted by Crippen LogP contribution is -2.43. The van der Waals surface area contributed by atoms with Crippen molar-refractivity contribution in [2.24, 2.45) is 5.92 Å². The number of imide groups is 1. The lowest BCUT2D eigenvalue weighted by molar-refractivity contribution is -0.137. The van der Waals surface area contributed by atoms with Gasteiger partial charge in [-0.1, -0.05) is 43.0 Å². The van der Waals surface area contributed by atoms with E-state index in [4.69, 9.17) is 0 Å². The normalized spacial score (nSPS) is 27.1. The van der Waals surface area contributed by atoms with Crippen LogP contribution in [0.5, 0.6) is 0 Å². The average Bonchev–Trinajstić information content (AvgIpc) is 3.13. The summed E-state index contributed by atoms with van der Waals surface area (Å²) < 4.78 is 39.2. The second-order valence-electron chi connectivity index (χ2n) is 7.02. The zero-order chi connectivity index (χ0) is 20.4. The molecule has 3 atom stereocenters. The number of thioether (sulfide) groups is 1. The van der Waals surface area contributed by atoms with Crippen molar-refractivity contribution < 1.29 is 22.8 Å². The predicted molar refractivity (Wildman–Crippen MR) is 99.7 cm³/mol. The van der Waals surface area contributed by atoms with Gasteiger partial charge < -0.3 is 4.98 Å². The number of nitrogens with zero attached hydrogens (tertiary/aromatic N) is 1. The smallest absolute Gasteiger partial charge is 0.307 e. The monoisotopic (exact) mass is 428 g/mol. The number of hydrogen-bond acceptors (Lipinski definition) is 5. The Kier molecular flexibility index (Phi) is 4.27. The van der Waals surface area contributed by atoms with Crippen LogP contribution in [0.2, 0.25) is 0 Å². The Morgan fingerprint density at radius 1 is 1.21 bits per heavy atom. The molecule has 2 aromatic rings. The molecule has 0 unspecified atom stereocenters. The first kappa shape index (κ1) is 19.3. The third-order valence-corrected chi connectivity index (χ3v) is 8.05. The molecule has 0 saturated carbocycles. The number of carbonyl (C=O) groups excluding carboxylic acids is 2. The number of benzene rings is 1. The van der Waals surface area contributed by atoms with Crippen LogP contribution in [-0.4, -0.2) is 22.0 Å². The fraction of sp³-hybridized carbons (Fsp3) is 0.389. The van der Waals surface area contributed by atoms with Crippen molar-refractivity contribution in [3.8, 4) is 0 Å². The van der Waals surface area contributed by atoms with Gasteiger partial charge in [0.2, 0.25) is 11.8 Å². The van der Waals surface area contributed by atoms with Crippen molar-refractivity contribution in [3.63, 3.8) is 0 Å². The molecule has 148 valence electrons. The number of aromatic amines is 1. The van der Waals surface area contributed by atoms with Gasteiger partial charge in [0.15, 0.2) is 0 Å². The molecule has 28 heavy (non-hydrogen) atoms. The van der Waals surface area contributed by atoms with Crippen LogP contribution in [0, 0.1) is 5.92 Å². The van der Waals surface area contributed by atoms with Crippen molar-refractivity contribution >= 4 is 40.6 Å². The summed E-state index contributed by atoms with van der Waals surface area (Å²) in [5, 5.41) is -0.225. The Hall–Kier alpha value is -2.07. The van der Waals surface area contributed by atoms with Gasteiger partial charge in [-0.25, -0.2) is 4.90 Å². The van der Waals surface area contributed by atoms with Gasteiger partial charge in [-0.3, -0.25) is 14.4 Å². The molecule has 5 nitrogen and oxygen atoms in total. The highest BCUT2D eigenvalue weighted by molar-refractivity contribution is 8.00. The summed E-state index contributed by atoms with van der Waals surface area (Å²) in [5.41, 5.74) is -1.76. The number of anilines is 1. The van der Waals surface area contributed by atoms with E-state index in [1.165, 1.54) is 12.1 Å². The van der Waals surface area contributed by atoms with E-state index in [0.717, 1.165) is 45.0 Å². The van der Waals surface area contributed by atoms with Crippen molar-refractivity contribution in [2.75, 3.05) is 4.90 Å². The zero-order valence-corrected chi connectivity index (χ0v) is 16.4. The van der Waals surface area contributed by atoms with E-state index in [0.29, 0.717) is 11.4 Å². The van der Waals surface area contributed by atoms with Crippen molar-refractivity contribution in [2.45, 2.75) is 42.1 Å². The SMILES string of the molecule is CC[C@@]1(C)c2sc(=O)[nH]c2S[C@@H]2C(=O)N(c3cccc(C(F)(F)F)c3)C(=O)[C@@H]21. The van der Waals surface area contributed by atoms with E-state index in [2.05, 4.69) is 4.98 Å². The molecule has 2 aliphatic heterocycles. The first-order chi connectivity index (χ1) is 13.1. The summed E-state index contributed by atoms with van der Waals surface area (Å²) in [6, 6.07) is 4.22. The summed E-state index contributed by atoms with van der Waals surface area (Å²) >= 11 is 2.12. The van der Waals surface area contributed by atoms with E-state index in [1.807, 2.05) is 13.8 Å². The molecule has 2 aliphatic rings. The van der Waals surface area contributed by atoms with E-state index < -0.39 is 40.1 Å². The quantitative estimate of drug-likeness (QED) is 0.739. The third-order valence-electron chi connectivity index (χ3n) is 5.49. The molecule has 4 rings (SSSR count). The molecule has 1 fully saturated rings. The van der Waals surface area contributed by atoms with Gasteiger partial charge in [-0.2, -0.15) is 13.2 Å². The van der Waals surface area contributed by atoms with E-state index in [9.17, 15) is 27.6 Å². The molecule has 10 heteroatoms. The first-order valence-corrected chi connectivity index (χ1v) is 10.2. The highest BCUT2D eigenvalue weighted by atomic mass is 32.2. The molecule has 0 bridgehead atoms. The van der Waals surface area contributed by atoms with Crippen LogP contribution in [0.25, 0.3) is 0 Å². The largest absolute Gasteiger partial charge is 0.416 e. The number of halogens is 3. The summed E-state index contributed by atoms with van der Waals surface area (Å²) in [6.07, 6.45) is -4.07. The highest BCUT2D eigenvalue weighted by Crippen LogP contribution is 2.55. The Morgan fingerprint density at radius 2 is 1.93 bits per heavy atom. The van der Waals surface area contributed by atoms with Crippen LogP contribution in [0.1, 0.15) is 30.7 Å². The second kappa shape index (κ2) is 6.21. The summed E-state index contributed by atoms with van der Waals surface area (Å²) in [5.74, 6) is -1.84. The van der Waals surface area contributed by atoms with Crippen LogP contribution in [0.4, 0.5) is 18.9 Å². The summed E-state index contributed by atoms with van der Waals surface area (Å²) in [7, 11) is 0. The zero-order valence-electron chi connectivity index (χ0n) is 14.8. The Labute approximate surface area is 165 Å². The molecule has 1 aromatic carbocycles. The molecular weight excluding hydrogens is 413 g/mol. The molecule has 1 N–H and O–H groups in total. The molecule has 0 spiro atoms. The van der Waals surface area contributed by atoms with Crippen molar-refractivity contribution in [3.05, 3.63) is 44.4 Å². The van der Waals surface area contributed by atoms with Gasteiger partial charge in [0.1, 0.15) is 5.25 Å². The maximum atomic E-state index is 13.2. The number of nitrogens with one attached hydrogen (secondary N) is 1. The lowest BCUT2D eigenvalue weighted by atomic mass is 9.72. The van der Waals surface area contributed by atoms with Gasteiger partial charge in [-0.15, -0.1) is 0 Å². The van der Waals surface area contributed by atoms with Crippen molar-refractivity contribution in [1.82, 2.24) is 4.98 Å². The fourth-order valence-corrected chi connectivity index (χ4v) is 6.69.